The molecule has 0 amide bonds. The van der Waals surface area contributed by atoms with E-state index in [9.17, 15) is 0 Å². The van der Waals surface area contributed by atoms with E-state index in [0.29, 0.717) is 6.04 Å². The highest BCUT2D eigenvalue weighted by Gasteiger charge is 2.38. The number of nitrogens with zero attached hydrogens (tertiary/aromatic N) is 3. The molecule has 4 heteroatoms. The molecule has 1 atom stereocenters. The first-order valence-corrected chi connectivity index (χ1v) is 6.61. The number of aromatic nitrogens is 2. The third-order valence-electron chi connectivity index (χ3n) is 4.51. The van der Waals surface area contributed by atoms with Gasteiger partial charge in [0.05, 0.1) is 18.1 Å². The molecule has 0 radical (unpaired) electrons. The number of anilines is 1. The van der Waals surface area contributed by atoms with Crippen molar-refractivity contribution >= 4 is 5.82 Å². The monoisotopic (exact) mass is 230 g/mol. The maximum absolute atomic E-state index is 4.40. The Labute approximate surface area is 101 Å². The SMILES string of the molecule is C1=CN([C@H]2CN3CCC2CC3)c2[nH]cnc2C1. The fourth-order valence-corrected chi connectivity index (χ4v) is 3.57. The van der Waals surface area contributed by atoms with E-state index in [1.54, 1.807) is 0 Å². The summed E-state index contributed by atoms with van der Waals surface area (Å²) in [6.45, 7) is 3.82. The maximum Gasteiger partial charge on any atom is 0.133 e. The van der Waals surface area contributed by atoms with E-state index in [0.717, 1.165) is 12.3 Å². The summed E-state index contributed by atoms with van der Waals surface area (Å²) in [6.07, 6.45) is 10.0. The second-order valence-corrected chi connectivity index (χ2v) is 5.40. The van der Waals surface area contributed by atoms with Gasteiger partial charge < -0.3 is 14.8 Å². The van der Waals surface area contributed by atoms with Crippen LogP contribution in [0, 0.1) is 5.92 Å². The van der Waals surface area contributed by atoms with Crippen molar-refractivity contribution in [1.82, 2.24) is 14.9 Å². The Kier molecular flexibility index (Phi) is 2.06. The van der Waals surface area contributed by atoms with Crippen molar-refractivity contribution in [3.8, 4) is 0 Å². The van der Waals surface area contributed by atoms with E-state index in [4.69, 9.17) is 0 Å². The van der Waals surface area contributed by atoms with Gasteiger partial charge in [0.15, 0.2) is 0 Å². The van der Waals surface area contributed by atoms with Gasteiger partial charge in [-0.25, -0.2) is 4.98 Å². The van der Waals surface area contributed by atoms with Crippen molar-refractivity contribution in [2.75, 3.05) is 24.5 Å². The van der Waals surface area contributed by atoms with Crippen LogP contribution in [0.25, 0.3) is 0 Å². The van der Waals surface area contributed by atoms with Crippen molar-refractivity contribution < 1.29 is 0 Å². The Balaban J connectivity index is 1.67. The number of imidazole rings is 1. The van der Waals surface area contributed by atoms with Crippen LogP contribution in [-0.2, 0) is 6.42 Å². The Hall–Kier alpha value is -1.29. The predicted octanol–water partition coefficient (Wildman–Crippen LogP) is 1.38. The zero-order chi connectivity index (χ0) is 11.2. The molecule has 2 bridgehead atoms. The van der Waals surface area contributed by atoms with Crippen molar-refractivity contribution in [3.05, 3.63) is 24.3 Å². The summed E-state index contributed by atoms with van der Waals surface area (Å²) < 4.78 is 0. The second kappa shape index (κ2) is 3.60. The standard InChI is InChI=1S/C13H18N4/c1-2-11-13(15-9-14-11)17(5-1)12-8-16-6-3-10(12)4-7-16/h1,5,9-10,12H,2-4,6-8H2,(H,14,15)/t12-/m0/s1. The van der Waals surface area contributed by atoms with Crippen LogP contribution in [-0.4, -0.2) is 40.5 Å². The second-order valence-electron chi connectivity index (χ2n) is 5.40. The number of rotatable bonds is 1. The highest BCUT2D eigenvalue weighted by Crippen LogP contribution is 2.35. The average molecular weight is 230 g/mol. The van der Waals surface area contributed by atoms with Crippen molar-refractivity contribution in [2.45, 2.75) is 25.3 Å². The van der Waals surface area contributed by atoms with Gasteiger partial charge in [-0.2, -0.15) is 0 Å². The van der Waals surface area contributed by atoms with Gasteiger partial charge in [0.2, 0.25) is 0 Å². The van der Waals surface area contributed by atoms with E-state index in [1.807, 2.05) is 6.33 Å². The Morgan fingerprint density at radius 3 is 2.94 bits per heavy atom. The van der Waals surface area contributed by atoms with Crippen molar-refractivity contribution in [1.29, 1.82) is 0 Å². The number of H-pyrrole nitrogens is 1. The molecule has 0 aliphatic carbocycles. The number of hydrogen-bond donors (Lipinski definition) is 1. The third kappa shape index (κ3) is 1.43. The fourth-order valence-electron chi connectivity index (χ4n) is 3.57. The largest absolute Gasteiger partial charge is 0.331 e. The Morgan fingerprint density at radius 2 is 2.18 bits per heavy atom. The average Bonchev–Trinajstić information content (AvgIpc) is 2.88. The third-order valence-corrected chi connectivity index (χ3v) is 4.51. The van der Waals surface area contributed by atoms with E-state index < -0.39 is 0 Å². The molecule has 0 unspecified atom stereocenters. The topological polar surface area (TPSA) is 35.2 Å². The minimum absolute atomic E-state index is 0.647. The molecule has 0 aromatic carbocycles. The molecule has 90 valence electrons. The highest BCUT2D eigenvalue weighted by molar-refractivity contribution is 5.52. The van der Waals surface area contributed by atoms with Crippen LogP contribution in [0.4, 0.5) is 5.82 Å². The molecule has 1 N–H and O–H groups in total. The fraction of sp³-hybridized carbons (Fsp3) is 0.615. The van der Waals surface area contributed by atoms with E-state index >= 15 is 0 Å². The predicted molar refractivity (Wildman–Crippen MR) is 66.9 cm³/mol. The van der Waals surface area contributed by atoms with Crippen LogP contribution in [0.3, 0.4) is 0 Å². The van der Waals surface area contributed by atoms with Gasteiger partial charge in [-0.1, -0.05) is 6.08 Å². The van der Waals surface area contributed by atoms with Gasteiger partial charge in [-0.15, -0.1) is 0 Å². The lowest BCUT2D eigenvalue weighted by atomic mass is 9.83. The smallest absolute Gasteiger partial charge is 0.133 e. The van der Waals surface area contributed by atoms with Crippen molar-refractivity contribution in [3.63, 3.8) is 0 Å². The number of fused-ring (bicyclic) bond motifs is 4. The molecule has 4 aliphatic rings. The lowest BCUT2D eigenvalue weighted by Gasteiger charge is -2.49. The normalized spacial score (nSPS) is 35.1. The molecule has 4 nitrogen and oxygen atoms in total. The molecule has 4 aliphatic heterocycles. The Morgan fingerprint density at radius 1 is 1.29 bits per heavy atom. The highest BCUT2D eigenvalue weighted by atomic mass is 15.3. The number of hydrogen-bond acceptors (Lipinski definition) is 3. The molecule has 1 aromatic rings. The van der Waals surface area contributed by atoms with E-state index in [2.05, 4.69) is 32.0 Å². The minimum Gasteiger partial charge on any atom is -0.331 e. The van der Waals surface area contributed by atoms with Gasteiger partial charge in [0.25, 0.3) is 0 Å². The first kappa shape index (κ1) is 9.71. The molecule has 5 heterocycles. The first-order chi connectivity index (χ1) is 8.42. The zero-order valence-electron chi connectivity index (χ0n) is 9.97. The van der Waals surface area contributed by atoms with E-state index in [-0.39, 0.29) is 0 Å². The number of allylic oxidation sites excluding steroid dienone is 1. The molecule has 0 spiro atoms. The maximum atomic E-state index is 4.40. The summed E-state index contributed by atoms with van der Waals surface area (Å²) in [5.41, 5.74) is 1.20. The summed E-state index contributed by atoms with van der Waals surface area (Å²) in [7, 11) is 0. The molecule has 0 saturated carbocycles. The van der Waals surface area contributed by atoms with Crippen LogP contribution in [0.1, 0.15) is 18.5 Å². The van der Waals surface area contributed by atoms with Gasteiger partial charge in [-0.05, 0) is 31.8 Å². The Bertz CT molecular complexity index is 442. The summed E-state index contributed by atoms with van der Waals surface area (Å²) in [6, 6.07) is 0.647. The number of piperidine rings is 3. The molecule has 3 fully saturated rings. The van der Waals surface area contributed by atoms with Crippen molar-refractivity contribution in [2.24, 2.45) is 5.92 Å². The summed E-state index contributed by atoms with van der Waals surface area (Å²) in [5.74, 6) is 2.09. The summed E-state index contributed by atoms with van der Waals surface area (Å²) >= 11 is 0. The lowest BCUT2D eigenvalue weighted by molar-refractivity contribution is 0.0885. The minimum atomic E-state index is 0.647. The zero-order valence-corrected chi connectivity index (χ0v) is 9.97. The molecule has 1 aromatic heterocycles. The van der Waals surface area contributed by atoms with Gasteiger partial charge >= 0.3 is 0 Å². The molecule has 3 saturated heterocycles. The molecule has 17 heavy (non-hydrogen) atoms. The number of aromatic amines is 1. The van der Waals surface area contributed by atoms with Crippen LogP contribution in [0.2, 0.25) is 0 Å². The number of nitrogens with one attached hydrogen (secondary N) is 1. The molecule has 5 rings (SSSR count). The van der Waals surface area contributed by atoms with Gasteiger partial charge in [0.1, 0.15) is 5.82 Å². The summed E-state index contributed by atoms with van der Waals surface area (Å²) in [4.78, 5) is 12.7. The lowest BCUT2D eigenvalue weighted by Crippen LogP contribution is -2.56. The van der Waals surface area contributed by atoms with Crippen LogP contribution in [0.5, 0.6) is 0 Å². The van der Waals surface area contributed by atoms with Gasteiger partial charge in [0, 0.05) is 19.2 Å². The van der Waals surface area contributed by atoms with Crippen LogP contribution >= 0.6 is 0 Å². The van der Waals surface area contributed by atoms with E-state index in [1.165, 1.54) is 44.0 Å². The van der Waals surface area contributed by atoms with Crippen LogP contribution < -0.4 is 4.90 Å². The first-order valence-electron chi connectivity index (χ1n) is 6.61. The molecular formula is C13H18N4. The molecular weight excluding hydrogens is 212 g/mol. The van der Waals surface area contributed by atoms with Gasteiger partial charge in [-0.3, -0.25) is 0 Å². The quantitative estimate of drug-likeness (QED) is 0.791. The summed E-state index contributed by atoms with van der Waals surface area (Å²) in [5, 5.41) is 0. The van der Waals surface area contributed by atoms with Crippen LogP contribution in [0.15, 0.2) is 18.6 Å².